The van der Waals surface area contributed by atoms with Crippen molar-refractivity contribution in [3.05, 3.63) is 29.6 Å². The molecule has 0 aliphatic rings. The molecule has 0 heterocycles. The smallest absolute Gasteiger partial charge is 0.241 e. The predicted molar refractivity (Wildman–Crippen MR) is 53.2 cm³/mol. The molecule has 0 spiro atoms. The van der Waals surface area contributed by atoms with Crippen LogP contribution in [0.3, 0.4) is 0 Å². The third kappa shape index (κ3) is 2.73. The van der Waals surface area contributed by atoms with E-state index < -0.39 is 35.1 Å². The van der Waals surface area contributed by atoms with Gasteiger partial charge in [-0.25, -0.2) is 13.2 Å². The van der Waals surface area contributed by atoms with Crippen molar-refractivity contribution >= 4 is 11.6 Å². The van der Waals surface area contributed by atoms with Gasteiger partial charge in [-0.2, -0.15) is 0 Å². The van der Waals surface area contributed by atoms with Crippen LogP contribution in [0.4, 0.5) is 18.9 Å². The number of rotatable bonds is 3. The quantitative estimate of drug-likeness (QED) is 0.834. The monoisotopic (exact) mass is 232 g/mol. The third-order valence-electron chi connectivity index (χ3n) is 2.03. The van der Waals surface area contributed by atoms with E-state index in [9.17, 15) is 18.0 Å². The second-order valence-corrected chi connectivity index (χ2v) is 3.25. The number of hydrogen-bond acceptors (Lipinski definition) is 2. The molecule has 1 amide bonds. The molecule has 0 saturated heterocycles. The maximum absolute atomic E-state index is 13.1. The fourth-order valence-corrected chi connectivity index (χ4v) is 1.06. The first-order valence-electron chi connectivity index (χ1n) is 4.66. The second-order valence-electron chi connectivity index (χ2n) is 3.25. The largest absolute Gasteiger partial charge is 0.320 e. The van der Waals surface area contributed by atoms with Crippen LogP contribution < -0.4 is 11.1 Å². The molecule has 0 radical (unpaired) electrons. The van der Waals surface area contributed by atoms with E-state index >= 15 is 0 Å². The maximum atomic E-state index is 13.1. The highest BCUT2D eigenvalue weighted by atomic mass is 19.1. The topological polar surface area (TPSA) is 55.1 Å². The van der Waals surface area contributed by atoms with E-state index in [0.717, 1.165) is 0 Å². The Balaban J connectivity index is 2.93. The molecule has 1 rings (SSSR count). The Hall–Kier alpha value is -1.56. The number of carbonyl (C=O) groups excluding carboxylic acids is 1. The van der Waals surface area contributed by atoms with Crippen molar-refractivity contribution in [1.29, 1.82) is 0 Å². The number of anilines is 1. The van der Waals surface area contributed by atoms with E-state index in [1.807, 2.05) is 5.32 Å². The molecule has 3 N–H and O–H groups in total. The van der Waals surface area contributed by atoms with Gasteiger partial charge in [-0.3, -0.25) is 4.79 Å². The molecule has 16 heavy (non-hydrogen) atoms. The summed E-state index contributed by atoms with van der Waals surface area (Å²) in [5, 5.41) is 1.98. The Kier molecular flexibility index (Phi) is 3.89. The van der Waals surface area contributed by atoms with Crippen molar-refractivity contribution in [2.24, 2.45) is 5.73 Å². The summed E-state index contributed by atoms with van der Waals surface area (Å²) < 4.78 is 38.8. The highest BCUT2D eigenvalue weighted by Gasteiger charge is 2.17. The Morgan fingerprint density at radius 3 is 2.31 bits per heavy atom. The van der Waals surface area contributed by atoms with Crippen molar-refractivity contribution in [2.45, 2.75) is 19.4 Å². The van der Waals surface area contributed by atoms with E-state index in [0.29, 0.717) is 18.6 Å². The normalized spacial score (nSPS) is 12.3. The van der Waals surface area contributed by atoms with Gasteiger partial charge in [0.15, 0.2) is 11.6 Å². The lowest BCUT2D eigenvalue weighted by Crippen LogP contribution is -2.35. The van der Waals surface area contributed by atoms with Crippen molar-refractivity contribution in [2.75, 3.05) is 5.32 Å². The van der Waals surface area contributed by atoms with Gasteiger partial charge in [0.2, 0.25) is 5.91 Å². The van der Waals surface area contributed by atoms with Crippen LogP contribution in [0.5, 0.6) is 0 Å². The Bertz CT molecular complexity index is 386. The molecule has 0 aliphatic heterocycles. The number of amides is 1. The lowest BCUT2D eigenvalue weighted by atomic mass is 10.2. The zero-order chi connectivity index (χ0) is 12.3. The van der Waals surface area contributed by atoms with Gasteiger partial charge in [-0.1, -0.05) is 6.92 Å². The van der Waals surface area contributed by atoms with Crippen LogP contribution in [-0.4, -0.2) is 11.9 Å². The summed E-state index contributed by atoms with van der Waals surface area (Å²) in [5.41, 5.74) is 4.68. The van der Waals surface area contributed by atoms with E-state index in [-0.39, 0.29) is 0 Å². The molecule has 6 heteroatoms. The Morgan fingerprint density at radius 1 is 1.38 bits per heavy atom. The summed E-state index contributed by atoms with van der Waals surface area (Å²) in [7, 11) is 0. The van der Waals surface area contributed by atoms with Crippen LogP contribution in [0.25, 0.3) is 0 Å². The van der Waals surface area contributed by atoms with Gasteiger partial charge in [-0.05, 0) is 6.42 Å². The fraction of sp³-hybridized carbons (Fsp3) is 0.300. The second kappa shape index (κ2) is 4.98. The molecule has 3 nitrogen and oxygen atoms in total. The van der Waals surface area contributed by atoms with Gasteiger partial charge < -0.3 is 11.1 Å². The van der Waals surface area contributed by atoms with Gasteiger partial charge in [0, 0.05) is 12.1 Å². The van der Waals surface area contributed by atoms with Crippen LogP contribution in [0.2, 0.25) is 0 Å². The fourth-order valence-electron chi connectivity index (χ4n) is 1.06. The van der Waals surface area contributed by atoms with E-state index in [2.05, 4.69) is 0 Å². The first kappa shape index (κ1) is 12.5. The Labute approximate surface area is 90.4 Å². The molecule has 0 unspecified atom stereocenters. The minimum Gasteiger partial charge on any atom is -0.320 e. The van der Waals surface area contributed by atoms with Crippen LogP contribution >= 0.6 is 0 Å². The molecule has 0 saturated carbocycles. The molecular formula is C10H11F3N2O. The molecule has 88 valence electrons. The first-order valence-corrected chi connectivity index (χ1v) is 4.66. The molecule has 1 aromatic carbocycles. The minimum atomic E-state index is -1.17. The van der Waals surface area contributed by atoms with Crippen LogP contribution in [0.15, 0.2) is 12.1 Å². The highest BCUT2D eigenvalue weighted by molar-refractivity contribution is 5.94. The van der Waals surface area contributed by atoms with E-state index in [4.69, 9.17) is 5.73 Å². The number of carbonyl (C=O) groups is 1. The standard InChI is InChI=1S/C10H11F3N2O/c1-2-8(14)10(16)15-9-6(12)3-5(11)4-7(9)13/h3-4,8H,2,14H2,1H3,(H,15,16)/t8-/m0/s1. The first-order chi connectivity index (χ1) is 7.45. The zero-order valence-corrected chi connectivity index (χ0v) is 8.56. The summed E-state index contributed by atoms with van der Waals surface area (Å²) >= 11 is 0. The lowest BCUT2D eigenvalue weighted by molar-refractivity contribution is -0.117. The van der Waals surface area contributed by atoms with Crippen LogP contribution in [0, 0.1) is 17.5 Å². The van der Waals surface area contributed by atoms with Crippen molar-refractivity contribution in [3.8, 4) is 0 Å². The molecule has 1 aromatic rings. The van der Waals surface area contributed by atoms with Gasteiger partial charge in [-0.15, -0.1) is 0 Å². The predicted octanol–water partition coefficient (Wildman–Crippen LogP) is 1.78. The maximum Gasteiger partial charge on any atom is 0.241 e. The summed E-state index contributed by atoms with van der Waals surface area (Å²) in [6.45, 7) is 1.65. The van der Waals surface area contributed by atoms with Crippen LogP contribution in [0.1, 0.15) is 13.3 Å². The molecular weight excluding hydrogens is 221 g/mol. The number of benzene rings is 1. The molecule has 0 aromatic heterocycles. The van der Waals surface area contributed by atoms with Crippen molar-refractivity contribution < 1.29 is 18.0 Å². The number of halogens is 3. The number of hydrogen-bond donors (Lipinski definition) is 2. The Morgan fingerprint density at radius 2 is 1.88 bits per heavy atom. The van der Waals surface area contributed by atoms with Gasteiger partial charge in [0.05, 0.1) is 6.04 Å². The highest BCUT2D eigenvalue weighted by Crippen LogP contribution is 2.20. The number of nitrogens with one attached hydrogen (secondary N) is 1. The van der Waals surface area contributed by atoms with Gasteiger partial charge >= 0.3 is 0 Å². The minimum absolute atomic E-state index is 0.330. The van der Waals surface area contributed by atoms with Crippen molar-refractivity contribution in [3.63, 3.8) is 0 Å². The van der Waals surface area contributed by atoms with E-state index in [1.54, 1.807) is 6.92 Å². The zero-order valence-electron chi connectivity index (χ0n) is 8.56. The third-order valence-corrected chi connectivity index (χ3v) is 2.03. The average molecular weight is 232 g/mol. The summed E-state index contributed by atoms with van der Waals surface area (Å²) in [6.07, 6.45) is 0.330. The van der Waals surface area contributed by atoms with Gasteiger partial charge in [0.1, 0.15) is 11.5 Å². The molecule has 0 fully saturated rings. The summed E-state index contributed by atoms with van der Waals surface area (Å²) in [6, 6.07) is 0.107. The molecule has 1 atom stereocenters. The van der Waals surface area contributed by atoms with Crippen LogP contribution in [-0.2, 0) is 4.79 Å². The van der Waals surface area contributed by atoms with Gasteiger partial charge in [0.25, 0.3) is 0 Å². The number of nitrogens with two attached hydrogens (primary N) is 1. The summed E-state index contributed by atoms with van der Waals surface area (Å²) in [4.78, 5) is 11.3. The summed E-state index contributed by atoms with van der Waals surface area (Å²) in [5.74, 6) is -4.11. The molecule has 0 aliphatic carbocycles. The van der Waals surface area contributed by atoms with E-state index in [1.165, 1.54) is 0 Å². The van der Waals surface area contributed by atoms with Crippen molar-refractivity contribution in [1.82, 2.24) is 0 Å². The average Bonchev–Trinajstić information content (AvgIpc) is 2.21. The SMILES string of the molecule is CC[C@H](N)C(=O)Nc1c(F)cc(F)cc1F. The molecule has 0 bridgehead atoms. The lowest BCUT2D eigenvalue weighted by Gasteiger charge is -2.11.